The molecule has 0 fully saturated rings. The van der Waals surface area contributed by atoms with Crippen LogP contribution in [0.5, 0.6) is 0 Å². The maximum absolute atomic E-state index is 12.7. The van der Waals surface area contributed by atoms with Gasteiger partial charge in [-0.25, -0.2) is 0 Å². The van der Waals surface area contributed by atoms with Crippen LogP contribution in [0.15, 0.2) is 47.5 Å². The number of nitro groups is 1. The van der Waals surface area contributed by atoms with Gasteiger partial charge in [0.15, 0.2) is 0 Å². The number of rotatable bonds is 3. The average Bonchev–Trinajstić information content (AvgIpc) is 2.54. The van der Waals surface area contributed by atoms with E-state index < -0.39 is 16.2 Å². The van der Waals surface area contributed by atoms with Crippen molar-refractivity contribution in [2.75, 3.05) is 12.4 Å². The normalized spacial score (nSPS) is 10.7. The van der Waals surface area contributed by atoms with Gasteiger partial charge in [-0.2, -0.15) is 0 Å². The molecule has 0 aliphatic rings. The van der Waals surface area contributed by atoms with E-state index in [-0.39, 0.29) is 5.69 Å². The number of anilines is 1. The van der Waals surface area contributed by atoms with Crippen LogP contribution in [0.2, 0.25) is 5.02 Å². The third kappa shape index (κ3) is 2.40. The Morgan fingerprint density at radius 3 is 2.74 bits per heavy atom. The van der Waals surface area contributed by atoms with Gasteiger partial charge in [-0.1, -0.05) is 11.6 Å². The SMILES string of the molecule is CNc1c([N+](=O)[O-])c(=O)n(-c2cccnc2)c2cc(Cl)ccc12. The van der Waals surface area contributed by atoms with Gasteiger partial charge in [-0.15, -0.1) is 0 Å². The largest absolute Gasteiger partial charge is 0.382 e. The molecule has 0 amide bonds. The molecular weight excluding hydrogens is 320 g/mol. The first-order valence-electron chi connectivity index (χ1n) is 6.65. The van der Waals surface area contributed by atoms with Gasteiger partial charge in [0.25, 0.3) is 0 Å². The van der Waals surface area contributed by atoms with Crippen LogP contribution < -0.4 is 10.9 Å². The summed E-state index contributed by atoms with van der Waals surface area (Å²) < 4.78 is 1.24. The van der Waals surface area contributed by atoms with Crippen LogP contribution in [0.1, 0.15) is 0 Å². The Morgan fingerprint density at radius 2 is 2.13 bits per heavy atom. The van der Waals surface area contributed by atoms with Crippen LogP contribution in [-0.2, 0) is 0 Å². The predicted octanol–water partition coefficient (Wildman–Crippen LogP) is 2.99. The third-order valence-electron chi connectivity index (χ3n) is 3.45. The minimum atomic E-state index is -0.748. The molecule has 0 atom stereocenters. The molecule has 0 bridgehead atoms. The molecule has 7 nitrogen and oxygen atoms in total. The number of pyridine rings is 2. The fraction of sp³-hybridized carbons (Fsp3) is 0.0667. The van der Waals surface area contributed by atoms with Crippen LogP contribution >= 0.6 is 11.6 Å². The fourth-order valence-electron chi connectivity index (χ4n) is 2.52. The van der Waals surface area contributed by atoms with Gasteiger partial charge in [0, 0.05) is 23.7 Å². The smallest absolute Gasteiger partial charge is 0.357 e. The summed E-state index contributed by atoms with van der Waals surface area (Å²) in [4.78, 5) is 27.4. The van der Waals surface area contributed by atoms with Crippen LogP contribution in [0.3, 0.4) is 0 Å². The first kappa shape index (κ1) is 15.0. The second kappa shape index (κ2) is 5.69. The van der Waals surface area contributed by atoms with Gasteiger partial charge < -0.3 is 5.32 Å². The zero-order valence-corrected chi connectivity index (χ0v) is 12.7. The second-order valence-electron chi connectivity index (χ2n) is 4.74. The zero-order chi connectivity index (χ0) is 16.6. The lowest BCUT2D eigenvalue weighted by Crippen LogP contribution is -2.23. The number of hydrogen-bond acceptors (Lipinski definition) is 5. The van der Waals surface area contributed by atoms with Crippen LogP contribution in [0, 0.1) is 10.1 Å². The Hall–Kier alpha value is -2.93. The number of benzene rings is 1. The molecular formula is C15H11ClN4O3. The molecule has 3 aromatic rings. The van der Waals surface area contributed by atoms with Gasteiger partial charge in [-0.3, -0.25) is 24.5 Å². The first-order valence-corrected chi connectivity index (χ1v) is 7.03. The number of aromatic nitrogens is 2. The van der Waals surface area contributed by atoms with E-state index in [0.717, 1.165) is 0 Å². The van der Waals surface area contributed by atoms with E-state index in [1.54, 1.807) is 36.5 Å². The first-order chi connectivity index (χ1) is 11.0. The Morgan fingerprint density at radius 1 is 1.35 bits per heavy atom. The van der Waals surface area contributed by atoms with Crippen LogP contribution in [0.25, 0.3) is 16.6 Å². The van der Waals surface area contributed by atoms with E-state index in [4.69, 9.17) is 11.6 Å². The van der Waals surface area contributed by atoms with E-state index in [0.29, 0.717) is 21.6 Å². The lowest BCUT2D eigenvalue weighted by molar-refractivity contribution is -0.385. The van der Waals surface area contributed by atoms with Crippen molar-refractivity contribution in [1.29, 1.82) is 0 Å². The maximum Gasteiger partial charge on any atom is 0.357 e. The molecule has 0 saturated carbocycles. The topological polar surface area (TPSA) is 90.1 Å². The molecule has 23 heavy (non-hydrogen) atoms. The monoisotopic (exact) mass is 330 g/mol. The molecule has 8 heteroatoms. The minimum absolute atomic E-state index is 0.159. The van der Waals surface area contributed by atoms with Gasteiger partial charge in [0.2, 0.25) is 0 Å². The summed E-state index contributed by atoms with van der Waals surface area (Å²) in [5.74, 6) is 0. The number of halogens is 1. The van der Waals surface area contributed by atoms with E-state index >= 15 is 0 Å². The summed E-state index contributed by atoms with van der Waals surface area (Å²) in [6, 6.07) is 8.15. The summed E-state index contributed by atoms with van der Waals surface area (Å²) in [6.07, 6.45) is 3.02. The van der Waals surface area contributed by atoms with Crippen molar-refractivity contribution < 1.29 is 4.92 Å². The quantitative estimate of drug-likeness (QED) is 0.589. The second-order valence-corrected chi connectivity index (χ2v) is 5.18. The van der Waals surface area contributed by atoms with Crippen molar-refractivity contribution in [2.24, 2.45) is 0 Å². The van der Waals surface area contributed by atoms with Gasteiger partial charge >= 0.3 is 11.2 Å². The molecule has 1 aromatic carbocycles. The van der Waals surface area contributed by atoms with Crippen LogP contribution in [0.4, 0.5) is 11.4 Å². The summed E-state index contributed by atoms with van der Waals surface area (Å²) in [7, 11) is 1.53. The van der Waals surface area contributed by atoms with Crippen molar-refractivity contribution in [3.05, 3.63) is 68.2 Å². The molecule has 0 aliphatic heterocycles. The Balaban J connectivity index is 2.57. The molecule has 0 aliphatic carbocycles. The zero-order valence-electron chi connectivity index (χ0n) is 12.0. The van der Waals surface area contributed by atoms with Crippen molar-refractivity contribution in [2.45, 2.75) is 0 Å². The number of nitrogens with one attached hydrogen (secondary N) is 1. The highest BCUT2D eigenvalue weighted by Gasteiger charge is 2.25. The molecule has 0 radical (unpaired) electrons. The van der Waals surface area contributed by atoms with E-state index in [2.05, 4.69) is 10.3 Å². The lowest BCUT2D eigenvalue weighted by atomic mass is 10.1. The molecule has 0 saturated heterocycles. The average molecular weight is 331 g/mol. The number of fused-ring (bicyclic) bond motifs is 1. The van der Waals surface area contributed by atoms with Crippen molar-refractivity contribution in [3.63, 3.8) is 0 Å². The molecule has 2 heterocycles. The third-order valence-corrected chi connectivity index (χ3v) is 3.68. The van der Waals surface area contributed by atoms with E-state index in [1.807, 2.05) is 0 Å². The summed E-state index contributed by atoms with van der Waals surface area (Å²) in [5.41, 5.74) is -0.221. The fourth-order valence-corrected chi connectivity index (χ4v) is 2.68. The van der Waals surface area contributed by atoms with Gasteiger partial charge in [0.1, 0.15) is 5.69 Å². The molecule has 0 unspecified atom stereocenters. The van der Waals surface area contributed by atoms with Crippen molar-refractivity contribution >= 4 is 33.9 Å². The van der Waals surface area contributed by atoms with E-state index in [1.165, 1.54) is 17.8 Å². The Bertz CT molecular complexity index is 970. The maximum atomic E-state index is 12.7. The van der Waals surface area contributed by atoms with Gasteiger partial charge in [0.05, 0.1) is 22.3 Å². The van der Waals surface area contributed by atoms with Crippen molar-refractivity contribution in [1.82, 2.24) is 9.55 Å². The highest BCUT2D eigenvalue weighted by Crippen LogP contribution is 2.32. The molecule has 3 rings (SSSR count). The van der Waals surface area contributed by atoms with Gasteiger partial charge in [-0.05, 0) is 30.3 Å². The Labute approximate surface area is 135 Å². The molecule has 1 N–H and O–H groups in total. The highest BCUT2D eigenvalue weighted by atomic mass is 35.5. The van der Waals surface area contributed by atoms with Crippen molar-refractivity contribution in [3.8, 4) is 5.69 Å². The molecule has 2 aromatic heterocycles. The van der Waals surface area contributed by atoms with Crippen LogP contribution in [-0.4, -0.2) is 21.5 Å². The number of hydrogen-bond donors (Lipinski definition) is 1. The summed E-state index contributed by atoms with van der Waals surface area (Å²) in [5, 5.41) is 15.1. The van der Waals surface area contributed by atoms with E-state index in [9.17, 15) is 14.9 Å². The molecule has 0 spiro atoms. The number of nitrogens with zero attached hydrogens (tertiary/aromatic N) is 3. The summed E-state index contributed by atoms with van der Waals surface area (Å²) >= 11 is 6.04. The minimum Gasteiger partial charge on any atom is -0.382 e. The highest BCUT2D eigenvalue weighted by molar-refractivity contribution is 6.31. The predicted molar refractivity (Wildman–Crippen MR) is 88.6 cm³/mol. The Kier molecular flexibility index (Phi) is 3.71. The standard InChI is InChI=1S/C15H11ClN4O3/c1-17-13-11-5-4-9(16)7-12(11)19(10-3-2-6-18-8-10)15(21)14(13)20(22)23/h2-8,17H,1H3. The molecule has 116 valence electrons. The summed E-state index contributed by atoms with van der Waals surface area (Å²) in [6.45, 7) is 0. The lowest BCUT2D eigenvalue weighted by Gasteiger charge is -2.14.